The summed E-state index contributed by atoms with van der Waals surface area (Å²) < 4.78 is 24.0. The van der Waals surface area contributed by atoms with E-state index in [0.29, 0.717) is 42.8 Å². The van der Waals surface area contributed by atoms with Crippen molar-refractivity contribution in [2.45, 2.75) is 74.3 Å². The summed E-state index contributed by atoms with van der Waals surface area (Å²) in [5, 5.41) is 15.3. The van der Waals surface area contributed by atoms with Gasteiger partial charge in [0.2, 0.25) is 11.9 Å². The molecule has 2 aromatic rings. The van der Waals surface area contributed by atoms with Crippen LogP contribution in [-0.4, -0.2) is 59.9 Å². The monoisotopic (exact) mass is 498 g/mol. The molecule has 2 N–H and O–H groups in total. The standard InChI is InChI=1S/C26H34N4O4S/c1-16-21-4-3-20(35(2,33)34)10-22(21)28-24(27-16)30-7-5-19(6-8-30)23(31)29-25-11-17-9-18(12-25)14-26(32,13-17)15-25/h3-4,10,17-19,32H,5-9,11-15H2,1-2H3,(H,29,31). The molecule has 4 aliphatic carbocycles. The second-order valence-corrected chi connectivity index (χ2v) is 13.8. The van der Waals surface area contributed by atoms with Crippen LogP contribution < -0.4 is 10.2 Å². The van der Waals surface area contributed by atoms with Gasteiger partial charge in [-0.15, -0.1) is 0 Å². The van der Waals surface area contributed by atoms with E-state index in [-0.39, 0.29) is 22.3 Å². The van der Waals surface area contributed by atoms with E-state index in [4.69, 9.17) is 0 Å². The Balaban J connectivity index is 1.14. The zero-order valence-electron chi connectivity index (χ0n) is 20.5. The van der Waals surface area contributed by atoms with Crippen molar-refractivity contribution >= 4 is 32.6 Å². The number of fused-ring (bicyclic) bond motifs is 1. The average Bonchev–Trinajstić information content (AvgIpc) is 2.76. The number of rotatable bonds is 4. The van der Waals surface area contributed by atoms with Gasteiger partial charge in [0.1, 0.15) is 0 Å². The Labute approximate surface area is 206 Å². The van der Waals surface area contributed by atoms with Gasteiger partial charge in [-0.2, -0.15) is 0 Å². The third-order valence-corrected chi connectivity index (χ3v) is 9.95. The minimum Gasteiger partial charge on any atom is -0.390 e. The number of amides is 1. The van der Waals surface area contributed by atoms with Crippen molar-refractivity contribution in [2.24, 2.45) is 17.8 Å². The first kappa shape index (κ1) is 23.2. The van der Waals surface area contributed by atoms with Crippen molar-refractivity contribution in [2.75, 3.05) is 24.2 Å². The second kappa shape index (κ2) is 7.87. The molecule has 1 aromatic carbocycles. The Kier molecular flexibility index (Phi) is 5.21. The van der Waals surface area contributed by atoms with Gasteiger partial charge in [0.25, 0.3) is 0 Å². The zero-order chi connectivity index (χ0) is 24.6. The lowest BCUT2D eigenvalue weighted by molar-refractivity contribution is -0.153. The molecule has 5 aliphatic rings. The molecule has 5 fully saturated rings. The van der Waals surface area contributed by atoms with E-state index in [2.05, 4.69) is 20.2 Å². The van der Waals surface area contributed by atoms with Crippen LogP contribution in [0.15, 0.2) is 23.1 Å². The number of nitrogens with zero attached hydrogens (tertiary/aromatic N) is 3. The van der Waals surface area contributed by atoms with Gasteiger partial charge in [0, 0.05) is 36.2 Å². The third-order valence-electron chi connectivity index (χ3n) is 8.84. The highest BCUT2D eigenvalue weighted by Gasteiger charge is 2.57. The zero-order valence-corrected chi connectivity index (χ0v) is 21.3. The van der Waals surface area contributed by atoms with Crippen molar-refractivity contribution in [1.82, 2.24) is 15.3 Å². The summed E-state index contributed by atoms with van der Waals surface area (Å²) in [5.41, 5.74) is 0.631. The van der Waals surface area contributed by atoms with E-state index in [1.54, 1.807) is 18.2 Å². The third kappa shape index (κ3) is 4.20. The van der Waals surface area contributed by atoms with Gasteiger partial charge < -0.3 is 15.3 Å². The first-order valence-corrected chi connectivity index (χ1v) is 14.7. The molecule has 9 heteroatoms. The van der Waals surface area contributed by atoms with Crippen molar-refractivity contribution in [3.63, 3.8) is 0 Å². The number of carbonyl (C=O) groups is 1. The predicted molar refractivity (Wildman–Crippen MR) is 133 cm³/mol. The fraction of sp³-hybridized carbons (Fsp3) is 0.654. The minimum absolute atomic E-state index is 0.0488. The smallest absolute Gasteiger partial charge is 0.226 e. The van der Waals surface area contributed by atoms with Crippen LogP contribution in [0.2, 0.25) is 0 Å². The number of carbonyl (C=O) groups excluding carboxylic acids is 1. The van der Waals surface area contributed by atoms with Crippen molar-refractivity contribution in [1.29, 1.82) is 0 Å². The molecule has 188 valence electrons. The number of anilines is 1. The Morgan fingerprint density at radius 3 is 2.43 bits per heavy atom. The fourth-order valence-corrected chi connectivity index (χ4v) is 8.33. The molecule has 2 unspecified atom stereocenters. The van der Waals surface area contributed by atoms with Gasteiger partial charge in [-0.3, -0.25) is 4.79 Å². The predicted octanol–water partition coefficient (Wildman–Crippen LogP) is 2.76. The Bertz CT molecular complexity index is 1290. The second-order valence-electron chi connectivity index (χ2n) is 11.8. The minimum atomic E-state index is -3.32. The molecule has 1 aromatic heterocycles. The number of aromatic nitrogens is 2. The maximum Gasteiger partial charge on any atom is 0.226 e. The molecular formula is C26H34N4O4S. The summed E-state index contributed by atoms with van der Waals surface area (Å²) >= 11 is 0. The summed E-state index contributed by atoms with van der Waals surface area (Å²) in [6.07, 6.45) is 8.37. The quantitative estimate of drug-likeness (QED) is 0.667. The highest BCUT2D eigenvalue weighted by atomic mass is 32.2. The number of aliphatic hydroxyl groups is 1. The molecule has 0 spiro atoms. The number of piperidine rings is 1. The molecule has 2 atom stereocenters. The molecule has 0 radical (unpaired) electrons. The van der Waals surface area contributed by atoms with Crippen LogP contribution in [-0.2, 0) is 14.6 Å². The molecular weight excluding hydrogens is 464 g/mol. The van der Waals surface area contributed by atoms with Crippen molar-refractivity contribution in [3.05, 3.63) is 23.9 Å². The normalized spacial score (nSPS) is 32.8. The summed E-state index contributed by atoms with van der Waals surface area (Å²) in [4.78, 5) is 25.0. The Hall–Kier alpha value is -2.26. The highest BCUT2D eigenvalue weighted by molar-refractivity contribution is 7.90. The van der Waals surface area contributed by atoms with Crippen LogP contribution in [0.1, 0.15) is 57.1 Å². The molecule has 7 rings (SSSR count). The van der Waals surface area contributed by atoms with Crippen molar-refractivity contribution in [3.8, 4) is 0 Å². The first-order chi connectivity index (χ1) is 16.5. The summed E-state index contributed by atoms with van der Waals surface area (Å²) in [5.74, 6) is 1.75. The number of hydrogen-bond donors (Lipinski definition) is 2. The van der Waals surface area contributed by atoms with Crippen LogP contribution in [0.3, 0.4) is 0 Å². The maximum absolute atomic E-state index is 13.3. The van der Waals surface area contributed by atoms with E-state index in [1.165, 1.54) is 12.7 Å². The van der Waals surface area contributed by atoms with E-state index in [1.807, 2.05) is 6.92 Å². The maximum atomic E-state index is 13.3. The summed E-state index contributed by atoms with van der Waals surface area (Å²) in [6.45, 7) is 3.27. The summed E-state index contributed by atoms with van der Waals surface area (Å²) in [6, 6.07) is 4.98. The van der Waals surface area contributed by atoms with Gasteiger partial charge in [0.05, 0.1) is 21.7 Å². The van der Waals surface area contributed by atoms with Crippen LogP contribution in [0.4, 0.5) is 5.95 Å². The topological polar surface area (TPSA) is 112 Å². The van der Waals surface area contributed by atoms with Gasteiger partial charge in [-0.1, -0.05) is 0 Å². The molecule has 1 aliphatic heterocycles. The lowest BCUT2D eigenvalue weighted by atomic mass is 9.51. The average molecular weight is 499 g/mol. The SMILES string of the molecule is Cc1nc(N2CCC(C(=O)NC34CC5CC(CC(O)(C5)C3)C4)CC2)nc2cc(S(C)(=O)=O)ccc12. The van der Waals surface area contributed by atoms with Gasteiger partial charge in [-0.25, -0.2) is 18.4 Å². The lowest BCUT2D eigenvalue weighted by Crippen LogP contribution is -2.66. The van der Waals surface area contributed by atoms with Gasteiger partial charge in [0.15, 0.2) is 9.84 Å². The van der Waals surface area contributed by atoms with Crippen LogP contribution in [0.5, 0.6) is 0 Å². The number of sulfone groups is 1. The summed E-state index contributed by atoms with van der Waals surface area (Å²) in [7, 11) is -3.32. The number of nitrogens with one attached hydrogen (secondary N) is 1. The van der Waals surface area contributed by atoms with Crippen LogP contribution >= 0.6 is 0 Å². The van der Waals surface area contributed by atoms with Crippen molar-refractivity contribution < 1.29 is 18.3 Å². The van der Waals surface area contributed by atoms with E-state index < -0.39 is 15.4 Å². The molecule has 8 nitrogen and oxygen atoms in total. The van der Waals surface area contributed by atoms with Gasteiger partial charge in [-0.05, 0) is 88.3 Å². The number of benzene rings is 1. The Morgan fingerprint density at radius 1 is 1.11 bits per heavy atom. The molecule has 1 saturated heterocycles. The van der Waals surface area contributed by atoms with E-state index in [0.717, 1.165) is 49.6 Å². The van der Waals surface area contributed by atoms with Crippen LogP contribution in [0, 0.1) is 24.7 Å². The molecule has 4 bridgehead atoms. The molecule has 35 heavy (non-hydrogen) atoms. The lowest BCUT2D eigenvalue weighted by Gasteiger charge is -2.60. The number of aryl methyl sites for hydroxylation is 1. The fourth-order valence-electron chi connectivity index (χ4n) is 7.69. The van der Waals surface area contributed by atoms with Crippen LogP contribution in [0.25, 0.3) is 10.9 Å². The first-order valence-electron chi connectivity index (χ1n) is 12.8. The Morgan fingerprint density at radius 2 is 1.80 bits per heavy atom. The highest BCUT2D eigenvalue weighted by Crippen LogP contribution is 2.57. The largest absolute Gasteiger partial charge is 0.390 e. The van der Waals surface area contributed by atoms with Gasteiger partial charge >= 0.3 is 0 Å². The van der Waals surface area contributed by atoms with E-state index >= 15 is 0 Å². The molecule has 2 heterocycles. The number of hydrogen-bond acceptors (Lipinski definition) is 7. The molecule has 4 saturated carbocycles. The van der Waals surface area contributed by atoms with E-state index in [9.17, 15) is 18.3 Å². The molecule has 1 amide bonds.